The highest BCUT2D eigenvalue weighted by atomic mass is 35.5. The molecule has 1 aliphatic rings. The predicted octanol–water partition coefficient (Wildman–Crippen LogP) is 2.37. The second-order valence-electron chi connectivity index (χ2n) is 5.77. The van der Waals surface area contributed by atoms with Crippen molar-refractivity contribution in [1.82, 2.24) is 10.6 Å². The molecular formula is C15H31ClN2O2. The van der Waals surface area contributed by atoms with Crippen molar-refractivity contribution in [2.45, 2.75) is 52.6 Å². The van der Waals surface area contributed by atoms with Crippen molar-refractivity contribution in [3.8, 4) is 0 Å². The van der Waals surface area contributed by atoms with Crippen LogP contribution >= 0.6 is 12.4 Å². The van der Waals surface area contributed by atoms with Crippen molar-refractivity contribution in [1.29, 1.82) is 0 Å². The summed E-state index contributed by atoms with van der Waals surface area (Å²) in [6, 6.07) is 0. The Balaban J connectivity index is 0.00000361. The van der Waals surface area contributed by atoms with Crippen molar-refractivity contribution in [3.63, 3.8) is 0 Å². The van der Waals surface area contributed by atoms with Gasteiger partial charge in [0.25, 0.3) is 0 Å². The standard InChI is InChI=1S/C15H30N2O2.ClH/c1-4-19-14(12(2)3)8-10-17-15(18)6-5-13-7-9-16-11-13;/h12-14,16H,4-11H2,1-3H3,(H,17,18);1H. The van der Waals surface area contributed by atoms with Gasteiger partial charge in [-0.1, -0.05) is 13.8 Å². The Kier molecular flexibility index (Phi) is 11.2. The first kappa shape index (κ1) is 19.7. The van der Waals surface area contributed by atoms with Crippen LogP contribution in [-0.2, 0) is 9.53 Å². The van der Waals surface area contributed by atoms with Crippen molar-refractivity contribution < 1.29 is 9.53 Å². The summed E-state index contributed by atoms with van der Waals surface area (Å²) in [5, 5.41) is 6.34. The maximum Gasteiger partial charge on any atom is 0.220 e. The fourth-order valence-corrected chi connectivity index (χ4v) is 2.56. The van der Waals surface area contributed by atoms with Crippen LogP contribution < -0.4 is 10.6 Å². The molecule has 1 heterocycles. The highest BCUT2D eigenvalue weighted by Gasteiger charge is 2.16. The largest absolute Gasteiger partial charge is 0.378 e. The lowest BCUT2D eigenvalue weighted by molar-refractivity contribution is -0.121. The normalized spacial score (nSPS) is 19.7. The lowest BCUT2D eigenvalue weighted by Gasteiger charge is -2.20. The third kappa shape index (κ3) is 8.08. The molecule has 2 unspecified atom stereocenters. The Morgan fingerprint density at radius 2 is 2.20 bits per heavy atom. The number of hydrogen-bond donors (Lipinski definition) is 2. The number of ether oxygens (including phenoxy) is 1. The summed E-state index contributed by atoms with van der Waals surface area (Å²) < 4.78 is 5.67. The van der Waals surface area contributed by atoms with Gasteiger partial charge in [0.05, 0.1) is 6.10 Å². The van der Waals surface area contributed by atoms with E-state index in [4.69, 9.17) is 4.74 Å². The molecule has 4 nitrogen and oxygen atoms in total. The Labute approximate surface area is 129 Å². The number of nitrogens with one attached hydrogen (secondary N) is 2. The monoisotopic (exact) mass is 306 g/mol. The predicted molar refractivity (Wildman–Crippen MR) is 85.3 cm³/mol. The average Bonchev–Trinajstić information content (AvgIpc) is 2.88. The zero-order chi connectivity index (χ0) is 14.1. The molecule has 0 aromatic carbocycles. The SMILES string of the molecule is CCOC(CCNC(=O)CCC1CCNC1)C(C)C.Cl. The minimum atomic E-state index is 0. The van der Waals surface area contributed by atoms with Gasteiger partial charge in [0, 0.05) is 19.6 Å². The maximum absolute atomic E-state index is 11.7. The summed E-state index contributed by atoms with van der Waals surface area (Å²) in [6.45, 7) is 9.99. The fourth-order valence-electron chi connectivity index (χ4n) is 2.56. The lowest BCUT2D eigenvalue weighted by atomic mass is 10.0. The van der Waals surface area contributed by atoms with E-state index in [1.807, 2.05) is 6.92 Å². The van der Waals surface area contributed by atoms with E-state index in [-0.39, 0.29) is 24.4 Å². The van der Waals surface area contributed by atoms with E-state index in [9.17, 15) is 4.79 Å². The van der Waals surface area contributed by atoms with Gasteiger partial charge in [0.2, 0.25) is 5.91 Å². The van der Waals surface area contributed by atoms with E-state index >= 15 is 0 Å². The van der Waals surface area contributed by atoms with Gasteiger partial charge in [-0.05, 0) is 51.1 Å². The molecule has 1 amide bonds. The Hall–Kier alpha value is -0.320. The molecule has 0 aliphatic carbocycles. The molecular weight excluding hydrogens is 276 g/mol. The van der Waals surface area contributed by atoms with Gasteiger partial charge in [-0.25, -0.2) is 0 Å². The number of amides is 1. The number of carbonyl (C=O) groups is 1. The van der Waals surface area contributed by atoms with Gasteiger partial charge < -0.3 is 15.4 Å². The molecule has 0 saturated carbocycles. The van der Waals surface area contributed by atoms with Crippen LogP contribution in [0, 0.1) is 11.8 Å². The first-order valence-corrected chi connectivity index (χ1v) is 7.72. The summed E-state index contributed by atoms with van der Waals surface area (Å²) in [5.41, 5.74) is 0. The van der Waals surface area contributed by atoms with Crippen molar-refractivity contribution in [2.75, 3.05) is 26.2 Å². The molecule has 0 aromatic heterocycles. The van der Waals surface area contributed by atoms with Gasteiger partial charge in [-0.3, -0.25) is 4.79 Å². The molecule has 0 aromatic rings. The highest BCUT2D eigenvalue weighted by Crippen LogP contribution is 2.14. The van der Waals surface area contributed by atoms with Crippen molar-refractivity contribution in [2.24, 2.45) is 11.8 Å². The molecule has 0 radical (unpaired) electrons. The van der Waals surface area contributed by atoms with Gasteiger partial charge in [-0.15, -0.1) is 12.4 Å². The summed E-state index contributed by atoms with van der Waals surface area (Å²) in [5.74, 6) is 1.38. The summed E-state index contributed by atoms with van der Waals surface area (Å²) in [6.07, 6.45) is 4.05. The third-order valence-electron chi connectivity index (χ3n) is 3.82. The minimum absolute atomic E-state index is 0. The van der Waals surface area contributed by atoms with Gasteiger partial charge >= 0.3 is 0 Å². The highest BCUT2D eigenvalue weighted by molar-refractivity contribution is 5.85. The van der Waals surface area contributed by atoms with Gasteiger partial charge in [0.15, 0.2) is 0 Å². The molecule has 1 aliphatic heterocycles. The minimum Gasteiger partial charge on any atom is -0.378 e. The summed E-state index contributed by atoms with van der Waals surface area (Å²) in [7, 11) is 0. The van der Waals surface area contributed by atoms with Crippen LogP contribution in [-0.4, -0.2) is 38.3 Å². The van der Waals surface area contributed by atoms with Crippen LogP contribution in [0.4, 0.5) is 0 Å². The zero-order valence-electron chi connectivity index (χ0n) is 13.1. The van der Waals surface area contributed by atoms with Crippen LogP contribution in [0.25, 0.3) is 0 Å². The lowest BCUT2D eigenvalue weighted by Crippen LogP contribution is -2.30. The second-order valence-corrected chi connectivity index (χ2v) is 5.77. The van der Waals surface area contributed by atoms with Crippen LogP contribution in [0.2, 0.25) is 0 Å². The number of hydrogen-bond acceptors (Lipinski definition) is 3. The molecule has 2 atom stereocenters. The first-order valence-electron chi connectivity index (χ1n) is 7.72. The average molecular weight is 307 g/mol. The van der Waals surface area contributed by atoms with Gasteiger partial charge in [0.1, 0.15) is 0 Å². The summed E-state index contributed by atoms with van der Waals surface area (Å²) >= 11 is 0. The van der Waals surface area contributed by atoms with Crippen molar-refractivity contribution in [3.05, 3.63) is 0 Å². The first-order chi connectivity index (χ1) is 9.13. The second kappa shape index (κ2) is 11.4. The van der Waals surface area contributed by atoms with E-state index in [1.54, 1.807) is 0 Å². The topological polar surface area (TPSA) is 50.4 Å². The maximum atomic E-state index is 11.7. The molecule has 120 valence electrons. The van der Waals surface area contributed by atoms with E-state index in [2.05, 4.69) is 24.5 Å². The smallest absolute Gasteiger partial charge is 0.220 e. The number of halogens is 1. The van der Waals surface area contributed by atoms with E-state index in [1.165, 1.54) is 6.42 Å². The molecule has 1 rings (SSSR count). The molecule has 1 saturated heterocycles. The molecule has 1 fully saturated rings. The van der Waals surface area contributed by atoms with Crippen molar-refractivity contribution >= 4 is 18.3 Å². The number of carbonyl (C=O) groups excluding carboxylic acids is 1. The Bertz CT molecular complexity index is 256. The molecule has 20 heavy (non-hydrogen) atoms. The van der Waals surface area contributed by atoms with Crippen LogP contribution in [0.5, 0.6) is 0 Å². The fraction of sp³-hybridized carbons (Fsp3) is 0.933. The molecule has 0 bridgehead atoms. The molecule has 5 heteroatoms. The van der Waals surface area contributed by atoms with Crippen LogP contribution in [0.15, 0.2) is 0 Å². The number of rotatable bonds is 9. The quantitative estimate of drug-likeness (QED) is 0.687. The van der Waals surface area contributed by atoms with Crippen LogP contribution in [0.3, 0.4) is 0 Å². The Morgan fingerprint density at radius 3 is 2.75 bits per heavy atom. The third-order valence-corrected chi connectivity index (χ3v) is 3.82. The van der Waals surface area contributed by atoms with E-state index < -0.39 is 0 Å². The zero-order valence-corrected chi connectivity index (χ0v) is 13.9. The van der Waals surface area contributed by atoms with E-state index in [0.29, 0.717) is 18.3 Å². The molecule has 2 N–H and O–H groups in total. The van der Waals surface area contributed by atoms with Crippen LogP contribution in [0.1, 0.15) is 46.5 Å². The van der Waals surface area contributed by atoms with Gasteiger partial charge in [-0.2, -0.15) is 0 Å². The van der Waals surface area contributed by atoms with E-state index in [0.717, 1.165) is 39.1 Å². The molecule has 0 spiro atoms. The summed E-state index contributed by atoms with van der Waals surface area (Å²) in [4.78, 5) is 11.7. The Morgan fingerprint density at radius 1 is 1.45 bits per heavy atom.